The van der Waals surface area contributed by atoms with Crippen LogP contribution < -0.4 is 5.73 Å². The Morgan fingerprint density at radius 3 is 1.90 bits per heavy atom. The van der Waals surface area contributed by atoms with Crippen molar-refractivity contribution in [1.29, 1.82) is 0 Å². The predicted octanol–water partition coefficient (Wildman–Crippen LogP) is 0.164. The smallest absolute Gasteiger partial charge is 0.222 e. The van der Waals surface area contributed by atoms with Crippen LogP contribution in [0.4, 0.5) is 0 Å². The molecule has 0 aromatic heterocycles. The van der Waals surface area contributed by atoms with Crippen molar-refractivity contribution in [3.05, 3.63) is 0 Å². The Morgan fingerprint density at radius 1 is 1.10 bits per heavy atom. The lowest BCUT2D eigenvalue weighted by atomic mass is 9.87. The van der Waals surface area contributed by atoms with Crippen molar-refractivity contribution in [2.75, 3.05) is 0 Å². The molecule has 3 nitrogen and oxygen atoms in total. The summed E-state index contributed by atoms with van der Waals surface area (Å²) in [6.07, 6.45) is 5.05. The molecule has 0 bridgehead atoms. The first kappa shape index (κ1) is 7.98. The van der Waals surface area contributed by atoms with Crippen molar-refractivity contribution < 1.29 is 10.2 Å². The molecule has 10 heavy (non-hydrogen) atoms. The minimum absolute atomic E-state index is 0.110. The van der Waals surface area contributed by atoms with Crippen LogP contribution in [0.1, 0.15) is 32.1 Å². The molecular weight excluding hydrogens is 130 g/mol. The maximum atomic E-state index is 8.98. The molecule has 60 valence electrons. The number of hydrogen-bond donors (Lipinski definition) is 3. The number of nitrogens with two attached hydrogens (primary N) is 1. The van der Waals surface area contributed by atoms with Gasteiger partial charge in [-0.1, -0.05) is 19.3 Å². The monoisotopic (exact) mass is 145 g/mol. The average molecular weight is 145 g/mol. The summed E-state index contributed by atoms with van der Waals surface area (Å²) in [4.78, 5) is 0. The average Bonchev–Trinajstić information content (AvgIpc) is 1.88. The third-order valence-corrected chi connectivity index (χ3v) is 2.21. The quantitative estimate of drug-likeness (QED) is 0.460. The summed E-state index contributed by atoms with van der Waals surface area (Å²) in [5.41, 5.74) is 5.12. The highest BCUT2D eigenvalue weighted by Gasteiger charge is 2.30. The normalized spacial score (nSPS) is 23.1. The highest BCUT2D eigenvalue weighted by atomic mass is 16.5. The van der Waals surface area contributed by atoms with Gasteiger partial charge in [-0.05, 0) is 12.8 Å². The first-order chi connectivity index (χ1) is 4.61. The molecule has 3 heteroatoms. The van der Waals surface area contributed by atoms with Crippen molar-refractivity contribution in [3.63, 3.8) is 0 Å². The summed E-state index contributed by atoms with van der Waals surface area (Å²) < 4.78 is 0. The van der Waals surface area contributed by atoms with Gasteiger partial charge in [-0.15, -0.1) is 0 Å². The summed E-state index contributed by atoms with van der Waals surface area (Å²) in [5.74, 6) is -2.04. The van der Waals surface area contributed by atoms with Crippen LogP contribution in [0.5, 0.6) is 0 Å². The van der Waals surface area contributed by atoms with E-state index < -0.39 is 5.91 Å². The number of rotatable bonds is 1. The van der Waals surface area contributed by atoms with Gasteiger partial charge in [-0.3, -0.25) is 5.73 Å². The molecule has 0 aliphatic heterocycles. The molecule has 1 saturated carbocycles. The van der Waals surface area contributed by atoms with Crippen molar-refractivity contribution in [1.82, 2.24) is 0 Å². The van der Waals surface area contributed by atoms with E-state index in [0.717, 1.165) is 25.7 Å². The van der Waals surface area contributed by atoms with Crippen molar-refractivity contribution in [2.24, 2.45) is 11.7 Å². The Morgan fingerprint density at radius 2 is 1.60 bits per heavy atom. The fraction of sp³-hybridized carbons (Fsp3) is 1.00. The summed E-state index contributed by atoms with van der Waals surface area (Å²) in [7, 11) is 0. The lowest BCUT2D eigenvalue weighted by molar-refractivity contribution is -0.201. The topological polar surface area (TPSA) is 66.5 Å². The van der Waals surface area contributed by atoms with Gasteiger partial charge in [0.05, 0.1) is 0 Å². The van der Waals surface area contributed by atoms with E-state index in [0.29, 0.717) is 0 Å². The van der Waals surface area contributed by atoms with Gasteiger partial charge < -0.3 is 10.2 Å². The fourth-order valence-corrected chi connectivity index (χ4v) is 1.53. The highest BCUT2D eigenvalue weighted by molar-refractivity contribution is 4.73. The minimum atomic E-state index is -1.93. The molecule has 0 saturated heterocycles. The van der Waals surface area contributed by atoms with E-state index in [-0.39, 0.29) is 5.92 Å². The van der Waals surface area contributed by atoms with Gasteiger partial charge in [-0.2, -0.15) is 0 Å². The molecule has 0 unspecified atom stereocenters. The molecule has 0 spiro atoms. The Hall–Kier alpha value is -0.120. The van der Waals surface area contributed by atoms with Crippen LogP contribution in [0.15, 0.2) is 0 Å². The van der Waals surface area contributed by atoms with Gasteiger partial charge >= 0.3 is 0 Å². The molecule has 1 aliphatic rings. The third-order valence-electron chi connectivity index (χ3n) is 2.21. The van der Waals surface area contributed by atoms with E-state index >= 15 is 0 Å². The van der Waals surface area contributed by atoms with Crippen molar-refractivity contribution in [2.45, 2.75) is 38.0 Å². The molecule has 0 radical (unpaired) electrons. The molecule has 4 N–H and O–H groups in total. The molecule has 0 amide bonds. The lowest BCUT2D eigenvalue weighted by Crippen LogP contribution is -2.47. The van der Waals surface area contributed by atoms with E-state index in [2.05, 4.69) is 0 Å². The number of hydrogen-bond acceptors (Lipinski definition) is 3. The van der Waals surface area contributed by atoms with Crippen LogP contribution in [0.3, 0.4) is 0 Å². The predicted molar refractivity (Wildman–Crippen MR) is 37.9 cm³/mol. The van der Waals surface area contributed by atoms with E-state index in [4.69, 9.17) is 15.9 Å². The van der Waals surface area contributed by atoms with Gasteiger partial charge in [0.2, 0.25) is 5.91 Å². The van der Waals surface area contributed by atoms with Gasteiger partial charge in [0.1, 0.15) is 0 Å². The van der Waals surface area contributed by atoms with Gasteiger partial charge in [0.25, 0.3) is 0 Å². The zero-order valence-electron chi connectivity index (χ0n) is 6.08. The Labute approximate surface area is 60.9 Å². The first-order valence-electron chi connectivity index (χ1n) is 3.84. The van der Waals surface area contributed by atoms with Crippen molar-refractivity contribution >= 4 is 0 Å². The molecule has 0 heterocycles. The summed E-state index contributed by atoms with van der Waals surface area (Å²) in [6.45, 7) is 0. The van der Waals surface area contributed by atoms with E-state index in [1.807, 2.05) is 0 Å². The lowest BCUT2D eigenvalue weighted by Gasteiger charge is -2.30. The van der Waals surface area contributed by atoms with E-state index in [1.165, 1.54) is 6.42 Å². The largest absolute Gasteiger partial charge is 0.353 e. The van der Waals surface area contributed by atoms with E-state index in [9.17, 15) is 0 Å². The SMILES string of the molecule is NC(O)(O)C1CCCCC1. The third kappa shape index (κ3) is 1.94. The minimum Gasteiger partial charge on any atom is -0.353 e. The fourth-order valence-electron chi connectivity index (χ4n) is 1.53. The maximum Gasteiger partial charge on any atom is 0.222 e. The summed E-state index contributed by atoms with van der Waals surface area (Å²) >= 11 is 0. The maximum absolute atomic E-state index is 8.98. The second-order valence-corrected chi connectivity index (χ2v) is 3.12. The second kappa shape index (κ2) is 2.86. The molecule has 1 aliphatic carbocycles. The Kier molecular flexibility index (Phi) is 2.28. The van der Waals surface area contributed by atoms with E-state index in [1.54, 1.807) is 0 Å². The van der Waals surface area contributed by atoms with Crippen LogP contribution in [0, 0.1) is 5.92 Å². The first-order valence-corrected chi connectivity index (χ1v) is 3.84. The highest BCUT2D eigenvalue weighted by Crippen LogP contribution is 2.28. The second-order valence-electron chi connectivity index (χ2n) is 3.12. The van der Waals surface area contributed by atoms with Gasteiger partial charge in [-0.25, -0.2) is 0 Å². The van der Waals surface area contributed by atoms with Crippen LogP contribution in [0.25, 0.3) is 0 Å². The molecule has 0 aromatic rings. The molecule has 1 rings (SSSR count). The molecule has 0 atom stereocenters. The van der Waals surface area contributed by atoms with Gasteiger partial charge in [0.15, 0.2) is 0 Å². The van der Waals surface area contributed by atoms with Crippen LogP contribution in [-0.2, 0) is 0 Å². The molecule has 1 fully saturated rings. The van der Waals surface area contributed by atoms with Crippen LogP contribution in [0.2, 0.25) is 0 Å². The molecular formula is C7H15NO2. The summed E-state index contributed by atoms with van der Waals surface area (Å²) in [6, 6.07) is 0. The number of aliphatic hydroxyl groups is 2. The zero-order chi connectivity index (χ0) is 7.61. The Bertz CT molecular complexity index is 103. The van der Waals surface area contributed by atoms with Crippen LogP contribution >= 0.6 is 0 Å². The Balaban J connectivity index is 2.39. The summed E-state index contributed by atoms with van der Waals surface area (Å²) in [5, 5.41) is 18.0. The van der Waals surface area contributed by atoms with Gasteiger partial charge in [0, 0.05) is 5.92 Å². The van der Waals surface area contributed by atoms with Crippen LogP contribution in [-0.4, -0.2) is 16.1 Å². The standard InChI is InChI=1S/C7H15NO2/c8-7(9,10)6-4-2-1-3-5-6/h6,9-10H,1-5,8H2. The molecule has 0 aromatic carbocycles. The van der Waals surface area contributed by atoms with Crippen molar-refractivity contribution in [3.8, 4) is 0 Å². The zero-order valence-corrected chi connectivity index (χ0v) is 6.08.